The highest BCUT2D eigenvalue weighted by atomic mass is 16.6. The van der Waals surface area contributed by atoms with E-state index >= 15 is 0 Å². The molecule has 1 aromatic carbocycles. The van der Waals surface area contributed by atoms with Crippen LogP contribution < -0.4 is 5.32 Å². The Labute approximate surface area is 118 Å². The normalized spacial score (nSPS) is 12.7. The van der Waals surface area contributed by atoms with Gasteiger partial charge in [-0.3, -0.25) is 4.79 Å². The summed E-state index contributed by atoms with van der Waals surface area (Å²) in [5, 5.41) is 12.2. The van der Waals surface area contributed by atoms with Gasteiger partial charge in [0, 0.05) is 0 Å². The molecule has 0 spiro atoms. The third-order valence-corrected chi connectivity index (χ3v) is 2.50. The number of phenols is 1. The molecule has 1 rings (SSSR count). The zero-order valence-corrected chi connectivity index (χ0v) is 12.5. The van der Waals surface area contributed by atoms with Crippen LogP contribution in [0.1, 0.15) is 43.6 Å². The van der Waals surface area contributed by atoms with E-state index in [4.69, 9.17) is 4.74 Å². The maximum absolute atomic E-state index is 12.0. The third-order valence-electron chi connectivity index (χ3n) is 2.50. The van der Waals surface area contributed by atoms with Crippen LogP contribution in [-0.4, -0.2) is 28.6 Å². The Morgan fingerprint density at radius 3 is 2.45 bits per heavy atom. The summed E-state index contributed by atoms with van der Waals surface area (Å²) in [6.45, 7) is 8.62. The Kier molecular flexibility index (Phi) is 4.76. The molecule has 20 heavy (non-hydrogen) atoms. The summed E-state index contributed by atoms with van der Waals surface area (Å²) in [5.41, 5.74) is 0.375. The number of rotatable bonds is 3. The smallest absolute Gasteiger partial charge is 0.328 e. The molecular formula is C15H21NO4. The number of carbonyl (C=O) groups is 2. The third kappa shape index (κ3) is 4.57. The molecule has 5 nitrogen and oxygen atoms in total. The molecule has 0 unspecified atom stereocenters. The van der Waals surface area contributed by atoms with Gasteiger partial charge >= 0.3 is 5.97 Å². The zero-order chi connectivity index (χ0) is 15.5. The Balaban J connectivity index is 2.75. The second kappa shape index (κ2) is 5.94. The molecular weight excluding hydrogens is 258 g/mol. The maximum Gasteiger partial charge on any atom is 0.328 e. The first-order chi connectivity index (χ1) is 9.10. The number of amides is 1. The highest BCUT2D eigenvalue weighted by Crippen LogP contribution is 2.18. The van der Waals surface area contributed by atoms with E-state index in [9.17, 15) is 14.7 Å². The molecule has 2 N–H and O–H groups in total. The molecule has 1 atom stereocenters. The van der Waals surface area contributed by atoms with Gasteiger partial charge < -0.3 is 15.2 Å². The highest BCUT2D eigenvalue weighted by molar-refractivity contribution is 5.99. The summed E-state index contributed by atoms with van der Waals surface area (Å²) < 4.78 is 5.17. The van der Waals surface area contributed by atoms with Gasteiger partial charge in [0.25, 0.3) is 5.91 Å². The van der Waals surface area contributed by atoms with Crippen LogP contribution in [0.3, 0.4) is 0 Å². The first kappa shape index (κ1) is 16.0. The molecule has 0 aliphatic carbocycles. The topological polar surface area (TPSA) is 75.6 Å². The van der Waals surface area contributed by atoms with Gasteiger partial charge in [0.1, 0.15) is 17.4 Å². The van der Waals surface area contributed by atoms with E-state index < -0.39 is 23.5 Å². The van der Waals surface area contributed by atoms with Crippen molar-refractivity contribution in [3.63, 3.8) is 0 Å². The molecule has 0 aromatic heterocycles. The van der Waals surface area contributed by atoms with Gasteiger partial charge in [0.05, 0.1) is 5.56 Å². The molecule has 0 heterocycles. The minimum absolute atomic E-state index is 0.121. The van der Waals surface area contributed by atoms with Crippen LogP contribution in [0.5, 0.6) is 5.75 Å². The molecule has 0 saturated heterocycles. The fraction of sp³-hybridized carbons (Fsp3) is 0.467. The molecule has 1 aromatic rings. The summed E-state index contributed by atoms with van der Waals surface area (Å²) >= 11 is 0. The van der Waals surface area contributed by atoms with Crippen molar-refractivity contribution in [1.29, 1.82) is 0 Å². The van der Waals surface area contributed by atoms with Crippen molar-refractivity contribution in [2.24, 2.45) is 0 Å². The van der Waals surface area contributed by atoms with Crippen LogP contribution in [0.2, 0.25) is 0 Å². The number of esters is 1. The van der Waals surface area contributed by atoms with E-state index in [-0.39, 0.29) is 11.3 Å². The van der Waals surface area contributed by atoms with Crippen molar-refractivity contribution >= 4 is 11.9 Å². The van der Waals surface area contributed by atoms with E-state index in [2.05, 4.69) is 5.32 Å². The van der Waals surface area contributed by atoms with Gasteiger partial charge in [-0.1, -0.05) is 11.6 Å². The Morgan fingerprint density at radius 1 is 1.30 bits per heavy atom. The molecule has 1 amide bonds. The van der Waals surface area contributed by atoms with E-state index in [1.54, 1.807) is 39.8 Å². The van der Waals surface area contributed by atoms with Crippen LogP contribution in [0.15, 0.2) is 18.2 Å². The van der Waals surface area contributed by atoms with Crippen LogP contribution >= 0.6 is 0 Å². The monoisotopic (exact) mass is 279 g/mol. The first-order valence-electron chi connectivity index (χ1n) is 6.43. The van der Waals surface area contributed by atoms with Crippen molar-refractivity contribution in [3.05, 3.63) is 29.3 Å². The summed E-state index contributed by atoms with van der Waals surface area (Å²) in [5.74, 6) is -1.15. The Bertz CT molecular complexity index is 517. The first-order valence-corrected chi connectivity index (χ1v) is 6.43. The van der Waals surface area contributed by atoms with Crippen molar-refractivity contribution < 1.29 is 19.4 Å². The molecule has 110 valence electrons. The van der Waals surface area contributed by atoms with E-state index in [0.29, 0.717) is 0 Å². The minimum Gasteiger partial charge on any atom is -0.507 e. The van der Waals surface area contributed by atoms with Crippen molar-refractivity contribution in [2.45, 2.75) is 46.3 Å². The summed E-state index contributed by atoms with van der Waals surface area (Å²) in [6, 6.07) is 3.92. The lowest BCUT2D eigenvalue weighted by atomic mass is 10.1. The van der Waals surface area contributed by atoms with Crippen LogP contribution in [0, 0.1) is 6.92 Å². The standard InChI is InChI=1S/C15H21NO4/c1-9-6-7-12(17)11(8-9)13(18)16-10(2)14(19)20-15(3,4)5/h6-8,10,17H,1-5H3,(H,16,18)/t10-/m0/s1. The summed E-state index contributed by atoms with van der Waals surface area (Å²) in [7, 11) is 0. The average molecular weight is 279 g/mol. The summed E-state index contributed by atoms with van der Waals surface area (Å²) in [4.78, 5) is 23.8. The maximum atomic E-state index is 12.0. The van der Waals surface area contributed by atoms with Crippen LogP contribution in [-0.2, 0) is 9.53 Å². The van der Waals surface area contributed by atoms with Crippen LogP contribution in [0.4, 0.5) is 0 Å². The van der Waals surface area contributed by atoms with Crippen LogP contribution in [0.25, 0.3) is 0 Å². The number of nitrogens with one attached hydrogen (secondary N) is 1. The van der Waals surface area contributed by atoms with Crippen molar-refractivity contribution in [2.75, 3.05) is 0 Å². The predicted molar refractivity (Wildman–Crippen MR) is 75.6 cm³/mol. The largest absolute Gasteiger partial charge is 0.507 e. The number of benzene rings is 1. The lowest BCUT2D eigenvalue weighted by molar-refractivity contribution is -0.156. The quantitative estimate of drug-likeness (QED) is 0.831. The molecule has 0 radical (unpaired) electrons. The van der Waals surface area contributed by atoms with E-state index in [1.165, 1.54) is 6.07 Å². The van der Waals surface area contributed by atoms with Gasteiger partial charge in [-0.05, 0) is 46.8 Å². The van der Waals surface area contributed by atoms with Gasteiger partial charge in [0.2, 0.25) is 0 Å². The number of carbonyl (C=O) groups excluding carboxylic acids is 2. The minimum atomic E-state index is -0.790. The fourth-order valence-corrected chi connectivity index (χ4v) is 1.56. The lowest BCUT2D eigenvalue weighted by Gasteiger charge is -2.22. The zero-order valence-electron chi connectivity index (χ0n) is 12.5. The number of phenolic OH excluding ortho intramolecular Hbond substituents is 1. The number of ether oxygens (including phenoxy) is 1. The number of hydrogen-bond acceptors (Lipinski definition) is 4. The van der Waals surface area contributed by atoms with Gasteiger partial charge in [-0.25, -0.2) is 4.79 Å². The second-order valence-electron chi connectivity index (χ2n) is 5.75. The van der Waals surface area contributed by atoms with Gasteiger partial charge in [-0.15, -0.1) is 0 Å². The molecule has 0 bridgehead atoms. The van der Waals surface area contributed by atoms with Crippen molar-refractivity contribution in [3.8, 4) is 5.75 Å². The van der Waals surface area contributed by atoms with E-state index in [0.717, 1.165) is 5.56 Å². The lowest BCUT2D eigenvalue weighted by Crippen LogP contribution is -2.42. The average Bonchev–Trinajstić information content (AvgIpc) is 2.29. The number of aryl methyl sites for hydroxylation is 1. The second-order valence-corrected chi connectivity index (χ2v) is 5.75. The molecule has 0 saturated carbocycles. The Morgan fingerprint density at radius 2 is 1.90 bits per heavy atom. The molecule has 0 fully saturated rings. The van der Waals surface area contributed by atoms with Gasteiger partial charge in [0.15, 0.2) is 0 Å². The summed E-state index contributed by atoms with van der Waals surface area (Å²) in [6.07, 6.45) is 0. The molecule has 5 heteroatoms. The number of hydrogen-bond donors (Lipinski definition) is 2. The molecule has 0 aliphatic heterocycles. The SMILES string of the molecule is Cc1ccc(O)c(C(=O)N[C@@H](C)C(=O)OC(C)(C)C)c1. The van der Waals surface area contributed by atoms with E-state index in [1.807, 2.05) is 6.92 Å². The highest BCUT2D eigenvalue weighted by Gasteiger charge is 2.24. The van der Waals surface area contributed by atoms with Crippen molar-refractivity contribution in [1.82, 2.24) is 5.32 Å². The van der Waals surface area contributed by atoms with Gasteiger partial charge in [-0.2, -0.15) is 0 Å². The predicted octanol–water partition coefficient (Wildman–Crippen LogP) is 2.16. The Hall–Kier alpha value is -2.04. The molecule has 0 aliphatic rings. The fourth-order valence-electron chi connectivity index (χ4n) is 1.56. The number of aromatic hydroxyl groups is 1.